The third kappa shape index (κ3) is 1.68. The lowest BCUT2D eigenvalue weighted by atomic mass is 10.9. The highest BCUT2D eigenvalue weighted by atomic mass is 16.7. The summed E-state index contributed by atoms with van der Waals surface area (Å²) in [6.45, 7) is 0. The Labute approximate surface area is 62.8 Å². The van der Waals surface area contributed by atoms with Crippen LogP contribution in [0.4, 0.5) is 5.95 Å². The topological polar surface area (TPSA) is 68.2 Å². The third-order valence-electron chi connectivity index (χ3n) is 0.969. The van der Waals surface area contributed by atoms with Crippen molar-refractivity contribution in [1.82, 2.24) is 15.0 Å². The summed E-state index contributed by atoms with van der Waals surface area (Å²) in [5, 5.41) is 0.891. The fourth-order valence-electron chi connectivity index (χ4n) is 0.519. The van der Waals surface area contributed by atoms with Crippen LogP contribution in [-0.2, 0) is 9.63 Å². The van der Waals surface area contributed by atoms with Gasteiger partial charge < -0.3 is 0 Å². The molecule has 0 fully saturated rings. The van der Waals surface area contributed by atoms with Crippen molar-refractivity contribution in [3.05, 3.63) is 12.7 Å². The summed E-state index contributed by atoms with van der Waals surface area (Å²) in [7, 11) is 1.35. The molecule has 0 saturated carbocycles. The second-order valence-corrected chi connectivity index (χ2v) is 1.55. The highest BCUT2D eigenvalue weighted by Gasteiger charge is 2.04. The number of nitrogens with zero attached hydrogens (tertiary/aromatic N) is 4. The quantitative estimate of drug-likeness (QED) is 0.429. The summed E-state index contributed by atoms with van der Waals surface area (Å²) >= 11 is 0. The molecule has 1 aromatic rings. The number of rotatable bonds is 3. The van der Waals surface area contributed by atoms with E-state index in [9.17, 15) is 4.79 Å². The number of hydrogen-bond acceptors (Lipinski definition) is 5. The van der Waals surface area contributed by atoms with Gasteiger partial charge >= 0.3 is 0 Å². The van der Waals surface area contributed by atoms with E-state index in [1.807, 2.05) is 0 Å². The normalized spacial score (nSPS) is 9.18. The molecule has 0 aromatic carbocycles. The third-order valence-corrected chi connectivity index (χ3v) is 0.969. The molecule has 6 nitrogen and oxygen atoms in total. The summed E-state index contributed by atoms with van der Waals surface area (Å²) in [5.74, 6) is 0.164. The highest BCUT2D eigenvalue weighted by molar-refractivity contribution is 5.67. The van der Waals surface area contributed by atoms with E-state index in [-0.39, 0.29) is 5.95 Å². The number of carbonyl (C=O) groups excluding carboxylic acids is 1. The number of amides is 1. The standard InChI is InChI=1S/C5H6N4O2/c1-11-9(4-10)5-7-2-6-3-8-5/h2-4H,1H3. The van der Waals surface area contributed by atoms with Crippen LogP contribution in [0, 0.1) is 0 Å². The Morgan fingerprint density at radius 2 is 2.18 bits per heavy atom. The van der Waals surface area contributed by atoms with Gasteiger partial charge in [-0.3, -0.25) is 9.63 Å². The SMILES string of the molecule is CON(C=O)c1ncncn1. The van der Waals surface area contributed by atoms with Crippen LogP contribution in [0.15, 0.2) is 12.7 Å². The minimum atomic E-state index is 0.164. The Morgan fingerprint density at radius 3 is 2.64 bits per heavy atom. The molecule has 1 rings (SSSR count). The highest BCUT2D eigenvalue weighted by Crippen LogP contribution is 1.99. The average molecular weight is 154 g/mol. The van der Waals surface area contributed by atoms with E-state index in [2.05, 4.69) is 19.8 Å². The predicted molar refractivity (Wildman–Crippen MR) is 35.4 cm³/mol. The lowest BCUT2D eigenvalue weighted by Crippen LogP contribution is -2.21. The Bertz CT molecular complexity index is 227. The molecule has 1 amide bonds. The molecule has 58 valence electrons. The summed E-state index contributed by atoms with van der Waals surface area (Å²) in [6.07, 6.45) is 3.02. The maximum absolute atomic E-state index is 10.2. The van der Waals surface area contributed by atoms with E-state index in [4.69, 9.17) is 0 Å². The molecule has 0 aliphatic rings. The Kier molecular flexibility index (Phi) is 2.45. The summed E-state index contributed by atoms with van der Waals surface area (Å²) in [4.78, 5) is 25.7. The maximum atomic E-state index is 10.2. The fourth-order valence-corrected chi connectivity index (χ4v) is 0.519. The Morgan fingerprint density at radius 1 is 1.55 bits per heavy atom. The van der Waals surface area contributed by atoms with Gasteiger partial charge in [-0.2, -0.15) is 15.0 Å². The van der Waals surface area contributed by atoms with E-state index >= 15 is 0 Å². The van der Waals surface area contributed by atoms with Crippen molar-refractivity contribution in [3.63, 3.8) is 0 Å². The molecule has 0 aliphatic heterocycles. The van der Waals surface area contributed by atoms with Gasteiger partial charge in [0.05, 0.1) is 7.11 Å². The molecule has 6 heteroatoms. The average Bonchev–Trinajstić information content (AvgIpc) is 2.09. The maximum Gasteiger partial charge on any atom is 0.260 e. The van der Waals surface area contributed by atoms with E-state index in [0.717, 1.165) is 5.06 Å². The molecular weight excluding hydrogens is 148 g/mol. The first-order valence-corrected chi connectivity index (χ1v) is 2.79. The van der Waals surface area contributed by atoms with Crippen LogP contribution in [0.25, 0.3) is 0 Å². The van der Waals surface area contributed by atoms with Crippen LogP contribution in [0.5, 0.6) is 0 Å². The van der Waals surface area contributed by atoms with Crippen molar-refractivity contribution < 1.29 is 9.63 Å². The molecule has 0 atom stereocenters. The molecule has 0 bridgehead atoms. The van der Waals surface area contributed by atoms with Gasteiger partial charge in [0.1, 0.15) is 12.7 Å². The smallest absolute Gasteiger partial charge is 0.260 e. The van der Waals surface area contributed by atoms with Gasteiger partial charge in [-0.05, 0) is 0 Å². The van der Waals surface area contributed by atoms with Crippen LogP contribution in [-0.4, -0.2) is 28.5 Å². The van der Waals surface area contributed by atoms with Gasteiger partial charge in [0.25, 0.3) is 5.95 Å². The van der Waals surface area contributed by atoms with Crippen LogP contribution in [0.3, 0.4) is 0 Å². The van der Waals surface area contributed by atoms with Gasteiger partial charge in [0.2, 0.25) is 6.41 Å². The lowest BCUT2D eigenvalue weighted by Gasteiger charge is -2.08. The van der Waals surface area contributed by atoms with Crippen molar-refractivity contribution in [1.29, 1.82) is 0 Å². The molecule has 0 radical (unpaired) electrons. The minimum Gasteiger partial charge on any atom is -0.276 e. The Hall–Kier alpha value is -1.56. The monoisotopic (exact) mass is 154 g/mol. The largest absolute Gasteiger partial charge is 0.276 e. The van der Waals surface area contributed by atoms with Crippen LogP contribution < -0.4 is 5.06 Å². The molecule has 1 heterocycles. The summed E-state index contributed by atoms with van der Waals surface area (Å²) in [6, 6.07) is 0. The van der Waals surface area contributed by atoms with Gasteiger partial charge in [-0.1, -0.05) is 0 Å². The van der Waals surface area contributed by atoms with Crippen molar-refractivity contribution in [3.8, 4) is 0 Å². The summed E-state index contributed by atoms with van der Waals surface area (Å²) in [5.41, 5.74) is 0. The van der Waals surface area contributed by atoms with Crippen molar-refractivity contribution >= 4 is 12.4 Å². The first-order chi connectivity index (χ1) is 5.38. The van der Waals surface area contributed by atoms with Gasteiger partial charge in [0, 0.05) is 0 Å². The van der Waals surface area contributed by atoms with Crippen molar-refractivity contribution in [2.75, 3.05) is 12.2 Å². The van der Waals surface area contributed by atoms with Crippen molar-refractivity contribution in [2.45, 2.75) is 0 Å². The molecule has 0 spiro atoms. The number of hydrogen-bond donors (Lipinski definition) is 0. The van der Waals surface area contributed by atoms with E-state index in [1.54, 1.807) is 0 Å². The molecule has 0 saturated heterocycles. The molecule has 0 aliphatic carbocycles. The van der Waals surface area contributed by atoms with E-state index in [1.165, 1.54) is 19.8 Å². The van der Waals surface area contributed by atoms with Gasteiger partial charge in [-0.25, -0.2) is 4.98 Å². The Balaban J connectivity index is 2.82. The van der Waals surface area contributed by atoms with Crippen LogP contribution in [0.2, 0.25) is 0 Å². The second-order valence-electron chi connectivity index (χ2n) is 1.55. The van der Waals surface area contributed by atoms with Crippen molar-refractivity contribution in [2.24, 2.45) is 0 Å². The molecule has 0 N–H and O–H groups in total. The number of aromatic nitrogens is 3. The zero-order valence-corrected chi connectivity index (χ0v) is 5.84. The number of anilines is 1. The van der Waals surface area contributed by atoms with Gasteiger partial charge in [0.15, 0.2) is 0 Å². The summed E-state index contributed by atoms with van der Waals surface area (Å²) < 4.78 is 0. The predicted octanol–water partition coefficient (Wildman–Crippen LogP) is -0.604. The first-order valence-electron chi connectivity index (χ1n) is 2.79. The number of hydroxylamine groups is 1. The number of carbonyl (C=O) groups is 1. The molecule has 0 unspecified atom stereocenters. The lowest BCUT2D eigenvalue weighted by molar-refractivity contribution is -0.113. The van der Waals surface area contributed by atoms with Gasteiger partial charge in [-0.15, -0.1) is 0 Å². The first kappa shape index (κ1) is 7.55. The zero-order chi connectivity index (χ0) is 8.10. The second kappa shape index (κ2) is 3.57. The molecule has 11 heavy (non-hydrogen) atoms. The van der Waals surface area contributed by atoms with Crippen LogP contribution in [0.1, 0.15) is 0 Å². The van der Waals surface area contributed by atoms with E-state index < -0.39 is 0 Å². The zero-order valence-electron chi connectivity index (χ0n) is 5.84. The van der Waals surface area contributed by atoms with Crippen LogP contribution >= 0.6 is 0 Å². The fraction of sp³-hybridized carbons (Fsp3) is 0.200. The van der Waals surface area contributed by atoms with E-state index in [0.29, 0.717) is 6.41 Å². The molecular formula is C5H6N4O2. The molecule has 1 aromatic heterocycles. The minimum absolute atomic E-state index is 0.164.